The van der Waals surface area contributed by atoms with Crippen molar-refractivity contribution >= 4 is 11.6 Å². The number of benzene rings is 2. The lowest BCUT2D eigenvalue weighted by atomic mass is 10.1. The molecule has 0 radical (unpaired) electrons. The zero-order valence-corrected chi connectivity index (χ0v) is 10.5. The summed E-state index contributed by atoms with van der Waals surface area (Å²) in [5, 5.41) is 9.07. The minimum atomic E-state index is -0.515. The number of rotatable bonds is 3. The fraction of sp³-hybridized carbons (Fsp3) is 0.143. The molecule has 0 bridgehead atoms. The van der Waals surface area contributed by atoms with Gasteiger partial charge in [0.25, 0.3) is 0 Å². The molecule has 0 aromatic heterocycles. The molecule has 4 heteroatoms. The molecule has 0 heterocycles. The van der Waals surface area contributed by atoms with Gasteiger partial charge in [0.15, 0.2) is 0 Å². The maximum atomic E-state index is 13.3. The molecule has 2 aromatic rings. The van der Waals surface area contributed by atoms with E-state index in [0.29, 0.717) is 11.5 Å². The molecule has 0 spiro atoms. The van der Waals surface area contributed by atoms with Gasteiger partial charge in [-0.2, -0.15) is 0 Å². The molecule has 94 valence electrons. The van der Waals surface area contributed by atoms with Crippen LogP contribution in [0.3, 0.4) is 0 Å². The summed E-state index contributed by atoms with van der Waals surface area (Å²) in [5.41, 5.74) is 1.68. The Morgan fingerprint density at radius 2 is 2.00 bits per heavy atom. The molecule has 2 nitrogen and oxygen atoms in total. The zero-order valence-electron chi connectivity index (χ0n) is 9.78. The quantitative estimate of drug-likeness (QED) is 0.907. The van der Waals surface area contributed by atoms with Crippen LogP contribution in [0.15, 0.2) is 36.4 Å². The van der Waals surface area contributed by atoms with Crippen molar-refractivity contribution in [3.63, 3.8) is 0 Å². The van der Waals surface area contributed by atoms with Crippen LogP contribution in [-0.4, -0.2) is 5.11 Å². The second kappa shape index (κ2) is 5.38. The first-order chi connectivity index (χ1) is 8.60. The number of halogens is 2. The Hall–Kier alpha value is -1.58. The van der Waals surface area contributed by atoms with E-state index in [9.17, 15) is 4.39 Å². The summed E-state index contributed by atoms with van der Waals surface area (Å²) in [6.07, 6.45) is 0. The first-order valence-corrected chi connectivity index (χ1v) is 5.81. The van der Waals surface area contributed by atoms with Gasteiger partial charge in [0.1, 0.15) is 17.3 Å². The van der Waals surface area contributed by atoms with E-state index in [-0.39, 0.29) is 11.6 Å². The van der Waals surface area contributed by atoms with E-state index in [1.165, 1.54) is 12.1 Å². The van der Waals surface area contributed by atoms with Gasteiger partial charge >= 0.3 is 0 Å². The topological polar surface area (TPSA) is 29.5 Å². The predicted octanol–water partition coefficient (Wildman–Crippen LogP) is 4.07. The Balaban J connectivity index is 2.25. The summed E-state index contributed by atoms with van der Waals surface area (Å²) in [4.78, 5) is 0. The Morgan fingerprint density at radius 3 is 2.61 bits per heavy atom. The van der Waals surface area contributed by atoms with Crippen molar-refractivity contribution in [3.8, 4) is 11.5 Å². The van der Waals surface area contributed by atoms with Crippen LogP contribution in [0, 0.1) is 12.7 Å². The minimum absolute atomic E-state index is 0.0172. The van der Waals surface area contributed by atoms with Gasteiger partial charge in [0.05, 0.1) is 11.6 Å². The summed E-state index contributed by atoms with van der Waals surface area (Å²) in [5.74, 6) is 0.490. The van der Waals surface area contributed by atoms with E-state index in [2.05, 4.69) is 0 Å². The van der Waals surface area contributed by atoms with Gasteiger partial charge in [-0.05, 0) is 36.2 Å². The molecule has 2 aromatic carbocycles. The number of hydrogen-bond donors (Lipinski definition) is 1. The number of aliphatic hydroxyl groups excluding tert-OH is 1. The Bertz CT molecular complexity index is 570. The van der Waals surface area contributed by atoms with Crippen molar-refractivity contribution in [2.75, 3.05) is 0 Å². The van der Waals surface area contributed by atoms with Crippen molar-refractivity contribution in [3.05, 3.63) is 58.4 Å². The van der Waals surface area contributed by atoms with Crippen LogP contribution in [0.1, 0.15) is 11.1 Å². The van der Waals surface area contributed by atoms with E-state index in [0.717, 1.165) is 11.1 Å². The van der Waals surface area contributed by atoms with Gasteiger partial charge < -0.3 is 9.84 Å². The molecule has 2 rings (SSSR count). The van der Waals surface area contributed by atoms with Crippen LogP contribution in [0.5, 0.6) is 11.5 Å². The molecule has 0 amide bonds. The van der Waals surface area contributed by atoms with Crippen LogP contribution in [-0.2, 0) is 6.61 Å². The summed E-state index contributed by atoms with van der Waals surface area (Å²) < 4.78 is 18.8. The maximum Gasteiger partial charge on any atom is 0.145 e. The molecule has 0 unspecified atom stereocenters. The third-order valence-corrected chi connectivity index (χ3v) is 2.85. The average molecular weight is 267 g/mol. The van der Waals surface area contributed by atoms with E-state index < -0.39 is 5.82 Å². The SMILES string of the molecule is Cc1cc(CO)ccc1Oc1ccc(Cl)c(F)c1. The summed E-state index contributed by atoms with van der Waals surface area (Å²) in [6, 6.07) is 9.61. The molecule has 1 N–H and O–H groups in total. The van der Waals surface area contributed by atoms with Crippen molar-refractivity contribution < 1.29 is 14.2 Å². The summed E-state index contributed by atoms with van der Waals surface area (Å²) in [7, 11) is 0. The lowest BCUT2D eigenvalue weighted by Crippen LogP contribution is -1.91. The molecule has 0 aliphatic rings. The van der Waals surface area contributed by atoms with Crippen molar-refractivity contribution in [1.29, 1.82) is 0 Å². The van der Waals surface area contributed by atoms with Crippen molar-refractivity contribution in [2.45, 2.75) is 13.5 Å². The predicted molar refractivity (Wildman–Crippen MR) is 68.6 cm³/mol. The fourth-order valence-electron chi connectivity index (χ4n) is 1.59. The third kappa shape index (κ3) is 2.81. The van der Waals surface area contributed by atoms with E-state index in [1.807, 2.05) is 13.0 Å². The van der Waals surface area contributed by atoms with Crippen molar-refractivity contribution in [1.82, 2.24) is 0 Å². The lowest BCUT2D eigenvalue weighted by molar-refractivity contribution is 0.281. The zero-order chi connectivity index (χ0) is 13.1. The van der Waals surface area contributed by atoms with Crippen LogP contribution in [0.4, 0.5) is 4.39 Å². The average Bonchev–Trinajstić information content (AvgIpc) is 2.36. The molecular formula is C14H12ClFO2. The van der Waals surface area contributed by atoms with Crippen LogP contribution >= 0.6 is 11.6 Å². The van der Waals surface area contributed by atoms with Gasteiger partial charge in [-0.1, -0.05) is 23.7 Å². The highest BCUT2D eigenvalue weighted by Gasteiger charge is 2.05. The molecule has 0 aliphatic carbocycles. The highest BCUT2D eigenvalue weighted by Crippen LogP contribution is 2.28. The third-order valence-electron chi connectivity index (χ3n) is 2.54. The molecule has 0 fully saturated rings. The Labute approximate surface area is 110 Å². The number of ether oxygens (including phenoxy) is 1. The van der Waals surface area contributed by atoms with Gasteiger partial charge in [-0.3, -0.25) is 0 Å². The molecule has 0 aliphatic heterocycles. The maximum absolute atomic E-state index is 13.3. The first kappa shape index (κ1) is 12.9. The second-order valence-electron chi connectivity index (χ2n) is 3.94. The largest absolute Gasteiger partial charge is 0.457 e. The van der Waals surface area contributed by atoms with Gasteiger partial charge in [-0.25, -0.2) is 4.39 Å². The minimum Gasteiger partial charge on any atom is -0.457 e. The van der Waals surface area contributed by atoms with E-state index in [4.69, 9.17) is 21.4 Å². The Morgan fingerprint density at radius 1 is 1.22 bits per heavy atom. The monoisotopic (exact) mass is 266 g/mol. The highest BCUT2D eigenvalue weighted by molar-refractivity contribution is 6.30. The Kier molecular flexibility index (Phi) is 3.84. The number of aryl methyl sites for hydroxylation is 1. The van der Waals surface area contributed by atoms with E-state index in [1.54, 1.807) is 18.2 Å². The molecular weight excluding hydrogens is 255 g/mol. The van der Waals surface area contributed by atoms with Crippen LogP contribution in [0.2, 0.25) is 5.02 Å². The first-order valence-electron chi connectivity index (χ1n) is 5.43. The van der Waals surface area contributed by atoms with Gasteiger partial charge in [0, 0.05) is 6.07 Å². The summed E-state index contributed by atoms with van der Waals surface area (Å²) >= 11 is 5.60. The standard InChI is InChI=1S/C14H12ClFO2/c1-9-6-10(8-17)2-5-14(9)18-11-3-4-12(15)13(16)7-11/h2-7,17H,8H2,1H3. The molecule has 0 atom stereocenters. The number of hydrogen-bond acceptors (Lipinski definition) is 2. The van der Waals surface area contributed by atoms with Crippen LogP contribution < -0.4 is 4.74 Å². The molecule has 0 saturated heterocycles. The molecule has 0 saturated carbocycles. The van der Waals surface area contributed by atoms with Gasteiger partial charge in [-0.15, -0.1) is 0 Å². The normalized spacial score (nSPS) is 10.4. The van der Waals surface area contributed by atoms with Crippen molar-refractivity contribution in [2.24, 2.45) is 0 Å². The fourth-order valence-corrected chi connectivity index (χ4v) is 1.71. The highest BCUT2D eigenvalue weighted by atomic mass is 35.5. The van der Waals surface area contributed by atoms with Crippen LogP contribution in [0.25, 0.3) is 0 Å². The number of aliphatic hydroxyl groups is 1. The smallest absolute Gasteiger partial charge is 0.145 e. The second-order valence-corrected chi connectivity index (χ2v) is 4.34. The summed E-state index contributed by atoms with van der Waals surface area (Å²) in [6.45, 7) is 1.84. The lowest BCUT2D eigenvalue weighted by Gasteiger charge is -2.10. The van der Waals surface area contributed by atoms with E-state index >= 15 is 0 Å². The molecule has 18 heavy (non-hydrogen) atoms. The van der Waals surface area contributed by atoms with Gasteiger partial charge in [0.2, 0.25) is 0 Å².